The third kappa shape index (κ3) is 4.07. The number of likely N-dealkylation sites (N-methyl/N-ethyl adjacent to an activating group) is 1. The lowest BCUT2D eigenvalue weighted by molar-refractivity contribution is -0.121. The topological polar surface area (TPSA) is 120 Å². The van der Waals surface area contributed by atoms with Crippen LogP contribution in [0.2, 0.25) is 0 Å². The van der Waals surface area contributed by atoms with Crippen LogP contribution in [0.15, 0.2) is 49.2 Å². The molecule has 0 aromatic carbocycles. The van der Waals surface area contributed by atoms with Crippen molar-refractivity contribution >= 4 is 28.5 Å². The number of carbonyl (C=O) groups is 2. The van der Waals surface area contributed by atoms with Crippen LogP contribution in [-0.4, -0.2) is 48.4 Å². The molecule has 1 aliphatic rings. The van der Waals surface area contributed by atoms with Crippen molar-refractivity contribution < 1.29 is 9.59 Å². The average molecular weight is 430 g/mol. The third-order valence-electron chi connectivity index (χ3n) is 5.40. The van der Waals surface area contributed by atoms with Crippen LogP contribution in [0, 0.1) is 0 Å². The van der Waals surface area contributed by atoms with Gasteiger partial charge in [0, 0.05) is 37.3 Å². The van der Waals surface area contributed by atoms with Gasteiger partial charge in [-0.2, -0.15) is 10.2 Å². The van der Waals surface area contributed by atoms with Crippen molar-refractivity contribution in [2.24, 2.45) is 0 Å². The highest BCUT2D eigenvalue weighted by Gasteiger charge is 2.28. The molecule has 0 atom stereocenters. The zero-order chi connectivity index (χ0) is 22.1. The van der Waals surface area contributed by atoms with Gasteiger partial charge in [-0.05, 0) is 30.5 Å². The average Bonchev–Trinajstić information content (AvgIpc) is 3.46. The largest absolute Gasteiger partial charge is 0.358 e. The Morgan fingerprint density at radius 2 is 2.06 bits per heavy atom. The summed E-state index contributed by atoms with van der Waals surface area (Å²) < 4.78 is 3.27. The van der Waals surface area contributed by atoms with E-state index in [2.05, 4.69) is 25.8 Å². The molecular formula is C22H22N8O2. The number of hydrogen-bond donors (Lipinski definition) is 2. The van der Waals surface area contributed by atoms with Crippen molar-refractivity contribution in [2.75, 3.05) is 12.4 Å². The molecule has 4 heterocycles. The molecule has 1 saturated carbocycles. The maximum Gasteiger partial charge on any atom is 0.256 e. The van der Waals surface area contributed by atoms with E-state index in [1.807, 2.05) is 18.2 Å². The molecular weight excluding hydrogens is 408 g/mol. The molecule has 0 unspecified atom stereocenters. The van der Waals surface area contributed by atoms with Crippen LogP contribution in [0.5, 0.6) is 0 Å². The van der Waals surface area contributed by atoms with Crippen molar-refractivity contribution in [3.63, 3.8) is 0 Å². The van der Waals surface area contributed by atoms with Gasteiger partial charge in [0.1, 0.15) is 6.54 Å². The highest BCUT2D eigenvalue weighted by Crippen LogP contribution is 2.40. The van der Waals surface area contributed by atoms with Gasteiger partial charge < -0.3 is 10.6 Å². The summed E-state index contributed by atoms with van der Waals surface area (Å²) in [4.78, 5) is 33.7. The lowest BCUT2D eigenvalue weighted by atomic mass is 10.1. The number of carbonyl (C=O) groups excluding carboxylic acids is 2. The van der Waals surface area contributed by atoms with Crippen LogP contribution in [0.4, 0.5) is 5.69 Å². The molecule has 1 aliphatic carbocycles. The lowest BCUT2D eigenvalue weighted by Gasteiger charge is -2.08. The van der Waals surface area contributed by atoms with E-state index in [1.54, 1.807) is 36.5 Å². The summed E-state index contributed by atoms with van der Waals surface area (Å²) in [5, 5.41) is 14.7. The molecule has 0 spiro atoms. The minimum atomic E-state index is -0.264. The van der Waals surface area contributed by atoms with Crippen molar-refractivity contribution in [3.8, 4) is 0 Å². The minimum Gasteiger partial charge on any atom is -0.358 e. The number of rotatable bonds is 7. The molecule has 10 heteroatoms. The van der Waals surface area contributed by atoms with E-state index in [-0.39, 0.29) is 18.4 Å². The number of fused-ring (bicyclic) bond motifs is 1. The van der Waals surface area contributed by atoms with Gasteiger partial charge in [0.25, 0.3) is 5.91 Å². The van der Waals surface area contributed by atoms with E-state index < -0.39 is 0 Å². The smallest absolute Gasteiger partial charge is 0.256 e. The van der Waals surface area contributed by atoms with Crippen molar-refractivity contribution in [2.45, 2.75) is 31.8 Å². The highest BCUT2D eigenvalue weighted by molar-refractivity contribution is 6.12. The summed E-state index contributed by atoms with van der Waals surface area (Å²) >= 11 is 0. The van der Waals surface area contributed by atoms with Gasteiger partial charge in [-0.15, -0.1) is 0 Å². The van der Waals surface area contributed by atoms with Crippen molar-refractivity contribution in [3.05, 3.63) is 66.0 Å². The monoisotopic (exact) mass is 430 g/mol. The first-order valence-electron chi connectivity index (χ1n) is 10.4. The SMILES string of the molecule is CNC(=O)Cn1cc(NC(=O)c2cc(C3CC3)nc3c2cnn3Cc2cccnc2)cn1. The second kappa shape index (κ2) is 8.22. The van der Waals surface area contributed by atoms with Crippen LogP contribution in [-0.2, 0) is 17.9 Å². The van der Waals surface area contributed by atoms with E-state index in [0.29, 0.717) is 34.7 Å². The third-order valence-corrected chi connectivity index (χ3v) is 5.40. The molecule has 2 N–H and O–H groups in total. The molecule has 4 aromatic rings. The molecule has 5 rings (SSSR count). The summed E-state index contributed by atoms with van der Waals surface area (Å²) in [5.41, 5.74) is 3.63. The highest BCUT2D eigenvalue weighted by atomic mass is 16.2. The maximum atomic E-state index is 13.2. The summed E-state index contributed by atoms with van der Waals surface area (Å²) in [6.07, 6.45) is 10.5. The zero-order valence-electron chi connectivity index (χ0n) is 17.5. The number of pyridine rings is 2. The van der Waals surface area contributed by atoms with Crippen molar-refractivity contribution in [1.29, 1.82) is 0 Å². The Balaban J connectivity index is 1.45. The first-order chi connectivity index (χ1) is 15.6. The Bertz CT molecular complexity index is 1290. The summed E-state index contributed by atoms with van der Waals surface area (Å²) in [7, 11) is 1.56. The van der Waals surface area contributed by atoms with Gasteiger partial charge in [-0.1, -0.05) is 6.07 Å². The van der Waals surface area contributed by atoms with Gasteiger partial charge in [-0.3, -0.25) is 19.3 Å². The molecule has 0 bridgehead atoms. The minimum absolute atomic E-state index is 0.0822. The fraction of sp³-hybridized carbons (Fsp3) is 0.273. The number of hydrogen-bond acceptors (Lipinski definition) is 6. The Kier molecular flexibility index (Phi) is 5.10. The number of anilines is 1. The first-order valence-corrected chi connectivity index (χ1v) is 10.4. The fourth-order valence-corrected chi connectivity index (χ4v) is 3.56. The quantitative estimate of drug-likeness (QED) is 0.462. The number of nitrogens with zero attached hydrogens (tertiary/aromatic N) is 6. The standard InChI is InChI=1S/C22H22N8O2/c1-23-20(31)13-29-12-16(9-25-29)27-22(32)17-7-19(15-4-5-15)28-21-18(17)10-26-30(21)11-14-3-2-6-24-8-14/h2-3,6-10,12,15H,4-5,11,13H2,1H3,(H,23,31)(H,27,32). The van der Waals surface area contributed by atoms with Crippen LogP contribution >= 0.6 is 0 Å². The zero-order valence-corrected chi connectivity index (χ0v) is 17.5. The van der Waals surface area contributed by atoms with Crippen LogP contribution in [0.25, 0.3) is 11.0 Å². The summed E-state index contributed by atoms with van der Waals surface area (Å²) in [6.45, 7) is 0.602. The Morgan fingerprint density at radius 3 is 2.81 bits per heavy atom. The molecule has 0 radical (unpaired) electrons. The lowest BCUT2D eigenvalue weighted by Crippen LogP contribution is -2.23. The number of aromatic nitrogens is 6. The Labute approximate surface area is 183 Å². The van der Waals surface area contributed by atoms with E-state index in [1.165, 1.54) is 10.9 Å². The first kappa shape index (κ1) is 19.9. The molecule has 0 saturated heterocycles. The van der Waals surface area contributed by atoms with Crippen LogP contribution < -0.4 is 10.6 Å². The number of amides is 2. The molecule has 2 amide bonds. The molecule has 10 nitrogen and oxygen atoms in total. The second-order valence-corrected chi connectivity index (χ2v) is 7.82. The second-order valence-electron chi connectivity index (χ2n) is 7.82. The molecule has 4 aromatic heterocycles. The van der Waals surface area contributed by atoms with Gasteiger partial charge in [-0.25, -0.2) is 9.67 Å². The van der Waals surface area contributed by atoms with Crippen molar-refractivity contribution in [1.82, 2.24) is 34.8 Å². The molecule has 32 heavy (non-hydrogen) atoms. The predicted octanol–water partition coefficient (Wildman–Crippen LogP) is 1.95. The van der Waals surface area contributed by atoms with Gasteiger partial charge in [0.05, 0.1) is 35.6 Å². The molecule has 0 aliphatic heterocycles. The maximum absolute atomic E-state index is 13.2. The van der Waals surface area contributed by atoms with E-state index >= 15 is 0 Å². The fourth-order valence-electron chi connectivity index (χ4n) is 3.56. The van der Waals surface area contributed by atoms with Crippen LogP contribution in [0.1, 0.15) is 40.4 Å². The Morgan fingerprint density at radius 1 is 1.19 bits per heavy atom. The van der Waals surface area contributed by atoms with E-state index in [0.717, 1.165) is 24.1 Å². The Hall–Kier alpha value is -4.08. The van der Waals surface area contributed by atoms with Gasteiger partial charge >= 0.3 is 0 Å². The molecule has 1 fully saturated rings. The predicted molar refractivity (Wildman–Crippen MR) is 117 cm³/mol. The summed E-state index contributed by atoms with van der Waals surface area (Å²) in [5.74, 6) is -0.0559. The summed E-state index contributed by atoms with van der Waals surface area (Å²) in [6, 6.07) is 5.73. The molecule has 162 valence electrons. The van der Waals surface area contributed by atoms with E-state index in [9.17, 15) is 9.59 Å². The van der Waals surface area contributed by atoms with Gasteiger partial charge in [0.15, 0.2) is 5.65 Å². The van der Waals surface area contributed by atoms with Gasteiger partial charge in [0.2, 0.25) is 5.91 Å². The van der Waals surface area contributed by atoms with Crippen LogP contribution in [0.3, 0.4) is 0 Å². The number of nitrogens with one attached hydrogen (secondary N) is 2. The normalized spacial score (nSPS) is 13.3. The van der Waals surface area contributed by atoms with E-state index in [4.69, 9.17) is 4.98 Å².